The van der Waals surface area contributed by atoms with Gasteiger partial charge in [0.25, 0.3) is 0 Å². The van der Waals surface area contributed by atoms with E-state index in [4.69, 9.17) is 32.7 Å². The van der Waals surface area contributed by atoms with Crippen LogP contribution in [0.2, 0.25) is 10.0 Å². The van der Waals surface area contributed by atoms with Crippen molar-refractivity contribution in [2.45, 2.75) is 12.1 Å². The lowest BCUT2D eigenvalue weighted by Crippen LogP contribution is -2.44. The highest BCUT2D eigenvalue weighted by molar-refractivity contribution is 6.37. The number of fused-ring (bicyclic) bond motifs is 6. The largest absolute Gasteiger partial charge is 0.454 e. The molecular weight excluding hydrogens is 515 g/mol. The highest BCUT2D eigenvalue weighted by Gasteiger charge is 2.64. The molecule has 0 aliphatic carbocycles. The van der Waals surface area contributed by atoms with E-state index in [9.17, 15) is 14.4 Å². The summed E-state index contributed by atoms with van der Waals surface area (Å²) in [5.41, 5.74) is 2.48. The number of amides is 2. The zero-order valence-corrected chi connectivity index (χ0v) is 20.6. The Bertz CT molecular complexity index is 1550. The third-order valence-corrected chi connectivity index (χ3v) is 8.09. The van der Waals surface area contributed by atoms with Gasteiger partial charge in [-0.1, -0.05) is 47.5 Å². The molecular formula is C28H18Cl2N2O5. The molecule has 7 nitrogen and oxygen atoms in total. The lowest BCUT2D eigenvalue weighted by molar-refractivity contribution is -0.123. The van der Waals surface area contributed by atoms with Crippen LogP contribution in [0, 0.1) is 11.8 Å². The second-order valence-electron chi connectivity index (χ2n) is 9.37. The van der Waals surface area contributed by atoms with Crippen molar-refractivity contribution >= 4 is 52.6 Å². The van der Waals surface area contributed by atoms with Gasteiger partial charge in [-0.05, 0) is 47.5 Å². The smallest absolute Gasteiger partial charge is 0.240 e. The molecule has 4 atom stereocenters. The first-order valence-corrected chi connectivity index (χ1v) is 12.5. The number of rotatable bonds is 3. The highest BCUT2D eigenvalue weighted by atomic mass is 35.5. The van der Waals surface area contributed by atoms with Gasteiger partial charge in [-0.3, -0.25) is 14.4 Å². The van der Waals surface area contributed by atoms with Crippen LogP contribution in [0.3, 0.4) is 0 Å². The van der Waals surface area contributed by atoms with E-state index < -0.39 is 29.8 Å². The first kappa shape index (κ1) is 22.4. The zero-order valence-electron chi connectivity index (χ0n) is 19.1. The minimum Gasteiger partial charge on any atom is -0.454 e. The first-order chi connectivity index (χ1) is 17.9. The third-order valence-electron chi connectivity index (χ3n) is 7.54. The van der Waals surface area contributed by atoms with E-state index in [2.05, 4.69) is 0 Å². The normalized spacial score (nSPS) is 24.8. The first-order valence-electron chi connectivity index (χ1n) is 11.8. The summed E-state index contributed by atoms with van der Waals surface area (Å²) >= 11 is 12.5. The second kappa shape index (κ2) is 8.10. The molecule has 0 saturated carbocycles. The summed E-state index contributed by atoms with van der Waals surface area (Å²) < 4.78 is 10.8. The maximum atomic E-state index is 14.0. The molecule has 0 spiro atoms. The van der Waals surface area contributed by atoms with Crippen molar-refractivity contribution in [3.8, 4) is 11.5 Å². The fourth-order valence-corrected chi connectivity index (χ4v) is 6.49. The molecule has 9 heteroatoms. The average molecular weight is 533 g/mol. The van der Waals surface area contributed by atoms with Crippen molar-refractivity contribution in [1.82, 2.24) is 4.90 Å². The molecule has 0 aromatic heterocycles. The molecule has 2 amide bonds. The fraction of sp³-hybridized carbons (Fsp3) is 0.179. The molecule has 0 unspecified atom stereocenters. The van der Waals surface area contributed by atoms with Crippen LogP contribution in [0.5, 0.6) is 11.5 Å². The second-order valence-corrected chi connectivity index (χ2v) is 10.2. The molecule has 37 heavy (non-hydrogen) atoms. The van der Waals surface area contributed by atoms with Gasteiger partial charge in [-0.2, -0.15) is 0 Å². The molecule has 0 radical (unpaired) electrons. The minimum absolute atomic E-state index is 0.0739. The fourth-order valence-electron chi connectivity index (χ4n) is 5.98. The van der Waals surface area contributed by atoms with Gasteiger partial charge in [0.1, 0.15) is 6.04 Å². The van der Waals surface area contributed by atoms with Gasteiger partial charge in [-0.15, -0.1) is 0 Å². The summed E-state index contributed by atoms with van der Waals surface area (Å²) in [4.78, 5) is 45.1. The monoisotopic (exact) mass is 532 g/mol. The van der Waals surface area contributed by atoms with Crippen LogP contribution in [0.25, 0.3) is 6.08 Å². The van der Waals surface area contributed by atoms with E-state index in [0.717, 1.165) is 11.1 Å². The average Bonchev–Trinajstić information content (AvgIpc) is 3.56. The van der Waals surface area contributed by atoms with Gasteiger partial charge in [-0.25, -0.2) is 4.90 Å². The maximum absolute atomic E-state index is 14.0. The molecule has 3 aromatic carbocycles. The Balaban J connectivity index is 1.37. The van der Waals surface area contributed by atoms with Crippen molar-refractivity contribution in [3.05, 3.63) is 93.6 Å². The van der Waals surface area contributed by atoms with Crippen LogP contribution in [0.4, 0.5) is 5.69 Å². The number of hydrogen-bond donors (Lipinski definition) is 0. The molecule has 4 aliphatic heterocycles. The predicted molar refractivity (Wildman–Crippen MR) is 137 cm³/mol. The van der Waals surface area contributed by atoms with E-state index in [1.165, 1.54) is 11.0 Å². The summed E-state index contributed by atoms with van der Waals surface area (Å²) in [6, 6.07) is 15.9. The number of hydrogen-bond acceptors (Lipinski definition) is 6. The molecule has 0 N–H and O–H groups in total. The van der Waals surface area contributed by atoms with Gasteiger partial charge in [0.2, 0.25) is 18.6 Å². The summed E-state index contributed by atoms with van der Waals surface area (Å²) in [7, 11) is 0. The molecule has 2 fully saturated rings. The Morgan fingerprint density at radius 3 is 2.51 bits per heavy atom. The van der Waals surface area contributed by atoms with Crippen molar-refractivity contribution in [3.63, 3.8) is 0 Å². The number of benzene rings is 3. The van der Waals surface area contributed by atoms with Crippen molar-refractivity contribution < 1.29 is 23.9 Å². The minimum atomic E-state index is -0.922. The molecule has 7 rings (SSSR count). The lowest BCUT2D eigenvalue weighted by Gasteiger charge is -2.35. The Hall–Kier alpha value is -3.81. The number of ether oxygens (including phenoxy) is 2. The number of ketones is 1. The van der Waals surface area contributed by atoms with Gasteiger partial charge >= 0.3 is 0 Å². The van der Waals surface area contributed by atoms with E-state index in [-0.39, 0.29) is 29.1 Å². The van der Waals surface area contributed by atoms with E-state index in [1.54, 1.807) is 30.3 Å². The van der Waals surface area contributed by atoms with Gasteiger partial charge in [0, 0.05) is 22.9 Å². The molecule has 3 aromatic rings. The lowest BCUT2D eigenvalue weighted by atomic mass is 9.83. The number of halogens is 2. The molecule has 4 aliphatic rings. The summed E-state index contributed by atoms with van der Waals surface area (Å²) in [6.45, 7) is 0.0739. The maximum Gasteiger partial charge on any atom is 0.240 e. The Labute approximate surface area is 221 Å². The number of imide groups is 1. The van der Waals surface area contributed by atoms with E-state index in [1.807, 2.05) is 41.4 Å². The quantitative estimate of drug-likeness (QED) is 0.344. The topological polar surface area (TPSA) is 76.1 Å². The van der Waals surface area contributed by atoms with Gasteiger partial charge in [0.15, 0.2) is 17.3 Å². The van der Waals surface area contributed by atoms with Crippen molar-refractivity contribution in [2.75, 3.05) is 11.7 Å². The number of carbonyl (C=O) groups excluding carboxylic acids is 3. The zero-order chi connectivity index (χ0) is 25.4. The van der Waals surface area contributed by atoms with Crippen LogP contribution >= 0.6 is 23.2 Å². The number of nitrogens with zero attached hydrogens (tertiary/aromatic N) is 2. The Morgan fingerprint density at radius 2 is 1.68 bits per heavy atom. The van der Waals surface area contributed by atoms with Gasteiger partial charge in [0.05, 0.1) is 28.6 Å². The molecule has 0 bridgehead atoms. The number of Topliss-reactive ketones (excluding diaryl/α,β-unsaturated/α-hetero) is 1. The van der Waals surface area contributed by atoms with Crippen LogP contribution in [0.1, 0.15) is 27.5 Å². The van der Waals surface area contributed by atoms with Crippen molar-refractivity contribution in [1.29, 1.82) is 0 Å². The van der Waals surface area contributed by atoms with E-state index >= 15 is 0 Å². The summed E-state index contributed by atoms with van der Waals surface area (Å²) in [6.07, 6.45) is 3.71. The van der Waals surface area contributed by atoms with E-state index in [0.29, 0.717) is 22.2 Å². The molecule has 184 valence electrons. The van der Waals surface area contributed by atoms with Crippen LogP contribution in [-0.4, -0.2) is 35.3 Å². The number of anilines is 1. The highest BCUT2D eigenvalue weighted by Crippen LogP contribution is 2.54. The van der Waals surface area contributed by atoms with Crippen molar-refractivity contribution in [2.24, 2.45) is 11.8 Å². The van der Waals surface area contributed by atoms with Crippen LogP contribution < -0.4 is 14.4 Å². The number of carbonyl (C=O) groups is 3. The summed E-state index contributed by atoms with van der Waals surface area (Å²) in [5.74, 6) is -1.78. The van der Waals surface area contributed by atoms with Crippen LogP contribution in [0.15, 0.2) is 66.9 Å². The Morgan fingerprint density at radius 1 is 0.892 bits per heavy atom. The van der Waals surface area contributed by atoms with Crippen LogP contribution in [-0.2, 0) is 9.59 Å². The SMILES string of the molecule is O=C(c1ccc(Cl)cc1Cl)[C@@H]1[C@@H]2C(=O)N(c3ccc4c(c3)OCO4)C(=O)[C@H]2[C@H]2c3ccccc3C=CN12. The Kier molecular flexibility index (Phi) is 4.90. The third kappa shape index (κ3) is 3.17. The molecule has 4 heterocycles. The standard InChI is InChI=1S/C28H18Cl2N2O5/c29-15-5-7-18(19(30)11-15)26(33)25-23-22(24-17-4-2-1-3-14(17)9-10-31(24)25)27(34)32(28(23)35)16-6-8-20-21(12-16)37-13-36-20/h1-12,22-25H,13H2/t22-,23-,24-,25+/m1/s1. The summed E-state index contributed by atoms with van der Waals surface area (Å²) in [5, 5.41) is 0.597. The van der Waals surface area contributed by atoms with Gasteiger partial charge < -0.3 is 14.4 Å². The predicted octanol–water partition coefficient (Wildman–Crippen LogP) is 5.12. The molecule has 2 saturated heterocycles.